The van der Waals surface area contributed by atoms with Crippen molar-refractivity contribution in [2.45, 2.75) is 19.9 Å². The molecule has 0 aliphatic heterocycles. The molecule has 3 aromatic rings. The maximum absolute atomic E-state index is 12.4. The third-order valence-corrected chi connectivity index (χ3v) is 4.05. The number of furan rings is 1. The fraction of sp³-hybridized carbons (Fsp3) is 0.278. The zero-order valence-electron chi connectivity index (χ0n) is 14.6. The molecule has 2 aromatic heterocycles. The first kappa shape index (κ1) is 19.4. The Morgan fingerprint density at radius 1 is 1.22 bits per heavy atom. The lowest BCUT2D eigenvalue weighted by molar-refractivity contribution is -0.117. The molecule has 0 unspecified atom stereocenters. The van der Waals surface area contributed by atoms with E-state index in [1.54, 1.807) is 30.3 Å². The number of anilines is 1. The highest BCUT2D eigenvalue weighted by Gasteiger charge is 2.16. The van der Waals surface area contributed by atoms with Gasteiger partial charge in [-0.25, -0.2) is 0 Å². The van der Waals surface area contributed by atoms with E-state index in [1.807, 2.05) is 11.8 Å². The predicted molar refractivity (Wildman–Crippen MR) is 103 cm³/mol. The summed E-state index contributed by atoms with van der Waals surface area (Å²) in [4.78, 5) is 14.3. The fourth-order valence-corrected chi connectivity index (χ4v) is 3.09. The van der Waals surface area contributed by atoms with Crippen LogP contribution in [0, 0.1) is 0 Å². The van der Waals surface area contributed by atoms with Gasteiger partial charge in [0.05, 0.1) is 19.4 Å². The minimum atomic E-state index is -0.187. The van der Waals surface area contributed by atoms with Gasteiger partial charge in [-0.1, -0.05) is 30.1 Å². The smallest absolute Gasteiger partial charge is 0.283 e. The van der Waals surface area contributed by atoms with Crippen molar-refractivity contribution in [2.75, 3.05) is 18.4 Å². The Labute approximate surface area is 166 Å². The molecule has 1 N–H and O–H groups in total. The van der Waals surface area contributed by atoms with Gasteiger partial charge >= 0.3 is 0 Å². The summed E-state index contributed by atoms with van der Waals surface area (Å²) in [6.07, 6.45) is 2.41. The lowest BCUT2D eigenvalue weighted by Gasteiger charge is -2.19. The average molecular weight is 409 g/mol. The van der Waals surface area contributed by atoms with Crippen LogP contribution in [0.15, 0.2) is 45.4 Å². The Morgan fingerprint density at radius 2 is 2.00 bits per heavy atom. The molecular weight excluding hydrogens is 391 g/mol. The van der Waals surface area contributed by atoms with Crippen LogP contribution in [-0.2, 0) is 11.3 Å². The van der Waals surface area contributed by atoms with Crippen LogP contribution in [0.3, 0.4) is 0 Å². The highest BCUT2D eigenvalue weighted by molar-refractivity contribution is 6.35. The molecule has 7 nitrogen and oxygen atoms in total. The van der Waals surface area contributed by atoms with Gasteiger partial charge < -0.3 is 14.2 Å². The molecule has 0 bridgehead atoms. The second-order valence-electron chi connectivity index (χ2n) is 5.90. The van der Waals surface area contributed by atoms with E-state index in [2.05, 4.69) is 15.5 Å². The lowest BCUT2D eigenvalue weighted by atomic mass is 10.3. The van der Waals surface area contributed by atoms with Gasteiger partial charge in [0.25, 0.3) is 5.89 Å². The van der Waals surface area contributed by atoms with Crippen LogP contribution >= 0.6 is 23.2 Å². The molecule has 0 saturated heterocycles. The molecule has 1 amide bonds. The van der Waals surface area contributed by atoms with Crippen molar-refractivity contribution in [3.8, 4) is 11.7 Å². The largest absolute Gasteiger partial charge is 0.459 e. The van der Waals surface area contributed by atoms with E-state index >= 15 is 0 Å². The van der Waals surface area contributed by atoms with E-state index in [0.717, 1.165) is 6.42 Å². The van der Waals surface area contributed by atoms with Gasteiger partial charge in [-0.15, -0.1) is 10.2 Å². The van der Waals surface area contributed by atoms with Crippen LogP contribution in [0.1, 0.15) is 19.2 Å². The predicted octanol–water partition coefficient (Wildman–Crippen LogP) is 4.49. The van der Waals surface area contributed by atoms with Crippen molar-refractivity contribution in [2.24, 2.45) is 0 Å². The van der Waals surface area contributed by atoms with E-state index in [-0.39, 0.29) is 12.5 Å². The molecular formula is C18H18Cl2N4O3. The zero-order valence-corrected chi connectivity index (χ0v) is 16.1. The molecule has 0 radical (unpaired) electrons. The summed E-state index contributed by atoms with van der Waals surface area (Å²) in [6.45, 7) is 3.24. The number of carbonyl (C=O) groups is 1. The summed E-state index contributed by atoms with van der Waals surface area (Å²) in [6, 6.07) is 8.38. The molecule has 0 saturated carbocycles. The van der Waals surface area contributed by atoms with Crippen molar-refractivity contribution in [3.05, 3.63) is 52.5 Å². The van der Waals surface area contributed by atoms with Crippen LogP contribution in [0.4, 0.5) is 5.69 Å². The number of aromatic nitrogens is 2. The molecule has 27 heavy (non-hydrogen) atoms. The normalized spacial score (nSPS) is 11.1. The third kappa shape index (κ3) is 5.56. The number of benzene rings is 1. The van der Waals surface area contributed by atoms with E-state index in [9.17, 15) is 4.79 Å². The quantitative estimate of drug-likeness (QED) is 0.590. The van der Waals surface area contributed by atoms with E-state index in [0.29, 0.717) is 46.4 Å². The lowest BCUT2D eigenvalue weighted by Crippen LogP contribution is -2.33. The molecule has 1 aromatic carbocycles. The van der Waals surface area contributed by atoms with Crippen molar-refractivity contribution in [3.63, 3.8) is 0 Å². The molecule has 3 rings (SSSR count). The molecule has 0 aliphatic carbocycles. The summed E-state index contributed by atoms with van der Waals surface area (Å²) in [5.74, 6) is 1.04. The Kier molecular flexibility index (Phi) is 6.49. The molecule has 2 heterocycles. The van der Waals surface area contributed by atoms with Crippen molar-refractivity contribution < 1.29 is 13.6 Å². The van der Waals surface area contributed by atoms with Crippen molar-refractivity contribution in [1.82, 2.24) is 15.1 Å². The highest BCUT2D eigenvalue weighted by Crippen LogP contribution is 2.22. The first-order chi connectivity index (χ1) is 13.0. The number of amides is 1. The number of nitrogens with zero attached hydrogens (tertiary/aromatic N) is 3. The number of hydrogen-bond acceptors (Lipinski definition) is 6. The molecule has 0 atom stereocenters. The fourth-order valence-electron chi connectivity index (χ4n) is 2.57. The summed E-state index contributed by atoms with van der Waals surface area (Å²) in [5.41, 5.74) is 0.548. The molecule has 142 valence electrons. The SMILES string of the molecule is CCCN(CC(=O)Nc1cc(Cl)cc(Cl)c1)Cc1nnc(-c2ccco2)o1. The number of nitrogens with one attached hydrogen (secondary N) is 1. The standard InChI is InChI=1S/C18H18Cl2N4O3/c1-2-5-24(10-16(25)21-14-8-12(19)7-13(20)9-14)11-17-22-23-18(27-17)15-4-3-6-26-15/h3-4,6-9H,2,5,10-11H2,1H3,(H,21,25). The van der Waals surface area contributed by atoms with Crippen LogP contribution in [-0.4, -0.2) is 34.1 Å². The third-order valence-electron chi connectivity index (χ3n) is 3.61. The summed E-state index contributed by atoms with van der Waals surface area (Å²) < 4.78 is 10.9. The first-order valence-electron chi connectivity index (χ1n) is 8.38. The Morgan fingerprint density at radius 3 is 2.67 bits per heavy atom. The second-order valence-corrected chi connectivity index (χ2v) is 6.77. The molecule has 0 aliphatic rings. The minimum Gasteiger partial charge on any atom is -0.459 e. The van der Waals surface area contributed by atoms with E-state index in [1.165, 1.54) is 6.26 Å². The van der Waals surface area contributed by atoms with Gasteiger partial charge in [0.15, 0.2) is 5.76 Å². The Hall–Kier alpha value is -2.35. The van der Waals surface area contributed by atoms with Gasteiger partial charge in [0, 0.05) is 15.7 Å². The van der Waals surface area contributed by atoms with Gasteiger partial charge in [0.2, 0.25) is 11.8 Å². The van der Waals surface area contributed by atoms with Gasteiger partial charge in [-0.2, -0.15) is 0 Å². The van der Waals surface area contributed by atoms with Crippen LogP contribution in [0.25, 0.3) is 11.7 Å². The Bertz CT molecular complexity index is 876. The van der Waals surface area contributed by atoms with E-state index < -0.39 is 0 Å². The zero-order chi connectivity index (χ0) is 19.2. The van der Waals surface area contributed by atoms with Gasteiger partial charge in [-0.05, 0) is 43.3 Å². The van der Waals surface area contributed by atoms with Crippen LogP contribution < -0.4 is 5.32 Å². The summed E-state index contributed by atoms with van der Waals surface area (Å²) >= 11 is 11.9. The average Bonchev–Trinajstić information content (AvgIpc) is 3.24. The minimum absolute atomic E-state index is 0.163. The molecule has 0 fully saturated rings. The second kappa shape index (κ2) is 9.03. The van der Waals surface area contributed by atoms with Crippen LogP contribution in [0.2, 0.25) is 10.0 Å². The summed E-state index contributed by atoms with van der Waals surface area (Å²) in [5, 5.41) is 11.7. The monoisotopic (exact) mass is 408 g/mol. The number of rotatable bonds is 8. The van der Waals surface area contributed by atoms with Crippen molar-refractivity contribution >= 4 is 34.8 Å². The van der Waals surface area contributed by atoms with Gasteiger partial charge in [-0.3, -0.25) is 9.69 Å². The Balaban J connectivity index is 1.62. The van der Waals surface area contributed by atoms with Crippen LogP contribution in [0.5, 0.6) is 0 Å². The number of halogens is 2. The first-order valence-corrected chi connectivity index (χ1v) is 9.13. The number of hydrogen-bond donors (Lipinski definition) is 1. The number of carbonyl (C=O) groups excluding carboxylic acids is 1. The molecule has 0 spiro atoms. The molecule has 9 heteroatoms. The van der Waals surface area contributed by atoms with E-state index in [4.69, 9.17) is 32.0 Å². The van der Waals surface area contributed by atoms with Crippen molar-refractivity contribution in [1.29, 1.82) is 0 Å². The maximum Gasteiger partial charge on any atom is 0.283 e. The van der Waals surface area contributed by atoms with Gasteiger partial charge in [0.1, 0.15) is 0 Å². The summed E-state index contributed by atoms with van der Waals surface area (Å²) in [7, 11) is 0. The highest BCUT2D eigenvalue weighted by atomic mass is 35.5. The maximum atomic E-state index is 12.4. The topological polar surface area (TPSA) is 84.4 Å².